The number of hydrogen-bond donors (Lipinski definition) is 2. The number of ether oxygens (including phenoxy) is 2. The van der Waals surface area contributed by atoms with Crippen LogP contribution in [0.2, 0.25) is 0 Å². The summed E-state index contributed by atoms with van der Waals surface area (Å²) in [5, 5.41) is 15.0. The molecule has 0 radical (unpaired) electrons. The van der Waals surface area contributed by atoms with Crippen LogP contribution in [0, 0.1) is 12.8 Å². The Morgan fingerprint density at radius 1 is 1.18 bits per heavy atom. The average molecular weight is 562 g/mol. The third-order valence-corrected chi connectivity index (χ3v) is 5.46. The number of hydrogen-bond acceptors (Lipinski definition) is 5. The van der Waals surface area contributed by atoms with E-state index in [1.165, 1.54) is 5.56 Å². The first-order valence-electron chi connectivity index (χ1n) is 10.9. The van der Waals surface area contributed by atoms with E-state index < -0.39 is 0 Å². The van der Waals surface area contributed by atoms with Gasteiger partial charge in [0.1, 0.15) is 12.1 Å². The van der Waals surface area contributed by atoms with Crippen molar-refractivity contribution in [2.45, 2.75) is 26.4 Å². The van der Waals surface area contributed by atoms with Crippen molar-refractivity contribution in [2.24, 2.45) is 10.9 Å². The van der Waals surface area contributed by atoms with Crippen molar-refractivity contribution in [3.63, 3.8) is 0 Å². The maximum absolute atomic E-state index is 6.15. The lowest BCUT2D eigenvalue weighted by Gasteiger charge is -2.17. The van der Waals surface area contributed by atoms with Crippen LogP contribution in [0.5, 0.6) is 5.75 Å². The molecule has 0 aliphatic carbocycles. The topological polar surface area (TPSA) is 85.6 Å². The molecule has 1 aliphatic rings. The van der Waals surface area contributed by atoms with E-state index in [2.05, 4.69) is 50.9 Å². The largest absolute Gasteiger partial charge is 0.493 e. The highest BCUT2D eigenvalue weighted by Gasteiger charge is 2.17. The highest BCUT2D eigenvalue weighted by molar-refractivity contribution is 14.0. The summed E-state index contributed by atoms with van der Waals surface area (Å²) < 4.78 is 13.6. The van der Waals surface area contributed by atoms with Gasteiger partial charge in [0.15, 0.2) is 11.8 Å². The number of para-hydroxylation sites is 1. The predicted octanol–water partition coefficient (Wildman–Crippen LogP) is 3.47. The van der Waals surface area contributed by atoms with Crippen LogP contribution in [0.1, 0.15) is 23.4 Å². The van der Waals surface area contributed by atoms with Crippen LogP contribution in [0.4, 0.5) is 0 Å². The molecule has 0 bridgehead atoms. The first kappa shape index (κ1) is 25.0. The van der Waals surface area contributed by atoms with Crippen LogP contribution in [0.15, 0.2) is 59.9 Å². The number of nitrogens with one attached hydrogen (secondary N) is 2. The van der Waals surface area contributed by atoms with E-state index in [9.17, 15) is 0 Å². The second kappa shape index (κ2) is 12.5. The molecule has 1 atom stereocenters. The fraction of sp³-hybridized carbons (Fsp3) is 0.375. The van der Waals surface area contributed by atoms with E-state index >= 15 is 0 Å². The van der Waals surface area contributed by atoms with E-state index in [1.54, 1.807) is 13.4 Å². The molecule has 1 unspecified atom stereocenters. The Bertz CT molecular complexity index is 1030. The molecule has 1 saturated heterocycles. The van der Waals surface area contributed by atoms with Crippen molar-refractivity contribution in [3.05, 3.63) is 71.8 Å². The predicted molar refractivity (Wildman–Crippen MR) is 139 cm³/mol. The van der Waals surface area contributed by atoms with E-state index in [0.717, 1.165) is 42.5 Å². The van der Waals surface area contributed by atoms with E-state index in [0.29, 0.717) is 31.6 Å². The Morgan fingerprint density at radius 3 is 2.76 bits per heavy atom. The number of halogens is 1. The number of rotatable bonds is 8. The molecule has 4 rings (SSSR count). The van der Waals surface area contributed by atoms with Gasteiger partial charge in [-0.15, -0.1) is 34.2 Å². The van der Waals surface area contributed by atoms with E-state index in [-0.39, 0.29) is 24.0 Å². The molecule has 176 valence electrons. The van der Waals surface area contributed by atoms with Crippen LogP contribution < -0.4 is 15.4 Å². The van der Waals surface area contributed by atoms with Crippen molar-refractivity contribution in [3.8, 4) is 11.4 Å². The van der Waals surface area contributed by atoms with Crippen molar-refractivity contribution >= 4 is 29.9 Å². The van der Waals surface area contributed by atoms with E-state index in [1.807, 2.05) is 34.9 Å². The molecule has 2 heterocycles. The molecule has 2 N–H and O–H groups in total. The average Bonchev–Trinajstić information content (AvgIpc) is 3.51. The van der Waals surface area contributed by atoms with Gasteiger partial charge in [0.2, 0.25) is 0 Å². The molecular formula is C24H31IN6O2. The fourth-order valence-corrected chi connectivity index (χ4v) is 3.61. The molecule has 33 heavy (non-hydrogen) atoms. The molecule has 1 aromatic heterocycles. The summed E-state index contributed by atoms with van der Waals surface area (Å²) in [6.07, 6.45) is 2.78. The maximum Gasteiger partial charge on any atom is 0.191 e. The second-order valence-corrected chi connectivity index (χ2v) is 7.88. The fourth-order valence-electron chi connectivity index (χ4n) is 3.61. The Labute approximate surface area is 211 Å². The van der Waals surface area contributed by atoms with Gasteiger partial charge in [-0.05, 0) is 37.1 Å². The summed E-state index contributed by atoms with van der Waals surface area (Å²) >= 11 is 0. The maximum atomic E-state index is 6.15. The smallest absolute Gasteiger partial charge is 0.191 e. The normalized spacial score (nSPS) is 15.7. The summed E-state index contributed by atoms with van der Waals surface area (Å²) in [6, 6.07) is 16.3. The van der Waals surface area contributed by atoms with Gasteiger partial charge in [0.25, 0.3) is 0 Å². The summed E-state index contributed by atoms with van der Waals surface area (Å²) in [4.78, 5) is 4.34. The lowest BCUT2D eigenvalue weighted by Crippen LogP contribution is -2.37. The van der Waals surface area contributed by atoms with Gasteiger partial charge >= 0.3 is 0 Å². The van der Waals surface area contributed by atoms with Crippen LogP contribution in [0.3, 0.4) is 0 Å². The minimum absolute atomic E-state index is 0. The van der Waals surface area contributed by atoms with Crippen LogP contribution >= 0.6 is 24.0 Å². The minimum Gasteiger partial charge on any atom is -0.493 e. The first-order valence-corrected chi connectivity index (χ1v) is 10.9. The molecule has 1 aliphatic heterocycles. The second-order valence-electron chi connectivity index (χ2n) is 7.88. The van der Waals surface area contributed by atoms with Crippen molar-refractivity contribution in [2.75, 3.05) is 26.9 Å². The molecule has 2 aromatic carbocycles. The van der Waals surface area contributed by atoms with Crippen molar-refractivity contribution in [1.82, 2.24) is 25.4 Å². The van der Waals surface area contributed by atoms with Gasteiger partial charge in [0.05, 0.1) is 19.8 Å². The standard InChI is InChI=1S/C24H30N6O2.HI/c1-18-8-9-20(22(12-18)32-16-19-10-11-31-15-19)13-26-24(25-2)27-14-23-29-28-17-30(23)21-6-4-3-5-7-21;/h3-9,12,17,19H,10-11,13-16H2,1-2H3,(H2,25,26,27);1H. The highest BCUT2D eigenvalue weighted by atomic mass is 127. The van der Waals surface area contributed by atoms with Gasteiger partial charge in [-0.3, -0.25) is 9.56 Å². The Morgan fingerprint density at radius 2 is 2.00 bits per heavy atom. The molecule has 1 fully saturated rings. The van der Waals surface area contributed by atoms with Gasteiger partial charge < -0.3 is 20.1 Å². The van der Waals surface area contributed by atoms with Gasteiger partial charge in [-0.2, -0.15) is 0 Å². The number of benzene rings is 2. The minimum atomic E-state index is 0. The monoisotopic (exact) mass is 562 g/mol. The zero-order valence-corrected chi connectivity index (χ0v) is 21.4. The SMILES string of the molecule is CN=C(NCc1ccc(C)cc1OCC1CCOC1)NCc1nncn1-c1ccccc1.I. The molecule has 0 saturated carbocycles. The van der Waals surface area contributed by atoms with Gasteiger partial charge in [-0.1, -0.05) is 30.3 Å². The third kappa shape index (κ3) is 6.91. The van der Waals surface area contributed by atoms with Crippen LogP contribution in [-0.2, 0) is 17.8 Å². The molecular weight excluding hydrogens is 531 g/mol. The highest BCUT2D eigenvalue weighted by Crippen LogP contribution is 2.22. The number of aryl methyl sites for hydroxylation is 1. The lowest BCUT2D eigenvalue weighted by atomic mass is 10.1. The molecule has 8 nitrogen and oxygen atoms in total. The number of aromatic nitrogens is 3. The van der Waals surface area contributed by atoms with Crippen LogP contribution in [-0.4, -0.2) is 47.6 Å². The summed E-state index contributed by atoms with van der Waals surface area (Å²) in [5.41, 5.74) is 3.28. The van der Waals surface area contributed by atoms with Gasteiger partial charge in [0, 0.05) is 37.4 Å². The lowest BCUT2D eigenvalue weighted by molar-refractivity contribution is 0.166. The number of nitrogens with zero attached hydrogens (tertiary/aromatic N) is 4. The Hall–Kier alpha value is -2.66. The van der Waals surface area contributed by atoms with E-state index in [4.69, 9.17) is 9.47 Å². The quantitative estimate of drug-likeness (QED) is 0.249. The molecule has 3 aromatic rings. The summed E-state index contributed by atoms with van der Waals surface area (Å²) in [6.45, 7) is 5.46. The summed E-state index contributed by atoms with van der Waals surface area (Å²) in [5.74, 6) is 2.86. The number of aliphatic imine (C=N–C) groups is 1. The zero-order chi connectivity index (χ0) is 22.2. The van der Waals surface area contributed by atoms with Crippen LogP contribution in [0.25, 0.3) is 5.69 Å². The summed E-state index contributed by atoms with van der Waals surface area (Å²) in [7, 11) is 1.75. The molecule has 9 heteroatoms. The zero-order valence-electron chi connectivity index (χ0n) is 19.0. The van der Waals surface area contributed by atoms with Crippen molar-refractivity contribution < 1.29 is 9.47 Å². The Balaban J connectivity index is 0.00000306. The molecule has 0 amide bonds. The number of guanidine groups is 1. The first-order chi connectivity index (χ1) is 15.7. The third-order valence-electron chi connectivity index (χ3n) is 5.46. The Kier molecular flexibility index (Phi) is 9.49. The van der Waals surface area contributed by atoms with Gasteiger partial charge in [-0.25, -0.2) is 0 Å². The molecule has 0 spiro atoms. The van der Waals surface area contributed by atoms with Crippen molar-refractivity contribution in [1.29, 1.82) is 0 Å².